The first kappa shape index (κ1) is 21.9. The molecule has 160 valence electrons. The van der Waals surface area contributed by atoms with Crippen molar-refractivity contribution in [2.75, 3.05) is 23.9 Å². The molecule has 2 saturated carbocycles. The van der Waals surface area contributed by atoms with Gasteiger partial charge in [0.1, 0.15) is 5.75 Å². The molecule has 4 rings (SSSR count). The summed E-state index contributed by atoms with van der Waals surface area (Å²) in [5, 5.41) is 3.09. The zero-order chi connectivity index (χ0) is 19.7. The maximum Gasteiger partial charge on any atom is 0.227 e. The molecule has 7 heteroatoms. The Morgan fingerprint density at radius 2 is 1.90 bits per heavy atom. The van der Waals surface area contributed by atoms with Crippen LogP contribution in [0.3, 0.4) is 0 Å². The molecule has 0 radical (unpaired) electrons. The number of halogens is 1. The molecule has 2 bridgehead atoms. The molecule has 3 fully saturated rings. The maximum absolute atomic E-state index is 12.9. The van der Waals surface area contributed by atoms with Crippen molar-refractivity contribution in [3.05, 3.63) is 18.2 Å². The van der Waals surface area contributed by atoms with Crippen molar-refractivity contribution >= 4 is 35.6 Å². The summed E-state index contributed by atoms with van der Waals surface area (Å²) in [6.07, 6.45) is 7.77. The van der Waals surface area contributed by atoms with Crippen molar-refractivity contribution in [3.63, 3.8) is 0 Å². The molecule has 1 aliphatic heterocycles. The molecule has 2 aliphatic carbocycles. The number of anilines is 2. The fraction of sp³-hybridized carbons (Fsp3) is 0.636. The maximum atomic E-state index is 12.9. The Balaban J connectivity index is 0.00000240. The molecular weight excluding hydrogens is 390 g/mol. The summed E-state index contributed by atoms with van der Waals surface area (Å²) in [4.78, 5) is 27.1. The van der Waals surface area contributed by atoms with Gasteiger partial charge in [-0.15, -0.1) is 12.4 Å². The van der Waals surface area contributed by atoms with Gasteiger partial charge in [0.25, 0.3) is 0 Å². The summed E-state index contributed by atoms with van der Waals surface area (Å²) >= 11 is 0. The minimum Gasteiger partial charge on any atom is -0.495 e. The van der Waals surface area contributed by atoms with E-state index in [9.17, 15) is 9.59 Å². The van der Waals surface area contributed by atoms with Gasteiger partial charge in [-0.25, -0.2) is 0 Å². The van der Waals surface area contributed by atoms with Gasteiger partial charge >= 0.3 is 0 Å². The zero-order valence-corrected chi connectivity index (χ0v) is 17.9. The Morgan fingerprint density at radius 1 is 1.17 bits per heavy atom. The number of nitrogens with zero attached hydrogens (tertiary/aromatic N) is 1. The van der Waals surface area contributed by atoms with Gasteiger partial charge in [-0.1, -0.05) is 6.42 Å². The quantitative estimate of drug-likeness (QED) is 0.775. The summed E-state index contributed by atoms with van der Waals surface area (Å²) in [7, 11) is 1.61. The molecule has 3 aliphatic rings. The number of amides is 2. The number of fused-ring (bicyclic) bond motifs is 2. The highest BCUT2D eigenvalue weighted by Gasteiger charge is 2.40. The van der Waals surface area contributed by atoms with E-state index in [2.05, 4.69) is 5.32 Å². The lowest BCUT2D eigenvalue weighted by Crippen LogP contribution is -2.48. The van der Waals surface area contributed by atoms with Gasteiger partial charge < -0.3 is 20.7 Å². The standard InChI is InChI=1S/C22H31N3O3.ClH/c1-28-19-9-8-17(13-18(19)25-10-3-2-7-20(25)26)24-22(27)16-11-14-5-4-6-15(12-16)21(14)23;/h8-9,13-16,21H,2-7,10-12,23H2,1H3,(H,24,27);1H. The van der Waals surface area contributed by atoms with Crippen molar-refractivity contribution in [1.29, 1.82) is 0 Å². The van der Waals surface area contributed by atoms with Gasteiger partial charge in [-0.05, 0) is 68.6 Å². The Bertz CT molecular complexity index is 743. The van der Waals surface area contributed by atoms with E-state index in [1.807, 2.05) is 18.2 Å². The molecule has 1 aromatic carbocycles. The van der Waals surface area contributed by atoms with E-state index in [0.29, 0.717) is 30.6 Å². The van der Waals surface area contributed by atoms with Crippen molar-refractivity contribution in [3.8, 4) is 5.75 Å². The Kier molecular flexibility index (Phi) is 7.06. The number of hydrogen-bond donors (Lipinski definition) is 2. The number of nitrogens with two attached hydrogens (primary N) is 1. The van der Waals surface area contributed by atoms with Crippen LogP contribution in [0, 0.1) is 17.8 Å². The molecule has 2 amide bonds. The third kappa shape index (κ3) is 4.53. The Hall–Kier alpha value is -1.79. The summed E-state index contributed by atoms with van der Waals surface area (Å²) < 4.78 is 5.46. The van der Waals surface area contributed by atoms with Crippen molar-refractivity contribution < 1.29 is 14.3 Å². The van der Waals surface area contributed by atoms with E-state index in [4.69, 9.17) is 10.5 Å². The summed E-state index contributed by atoms with van der Waals surface area (Å²) in [6, 6.07) is 5.81. The number of hydrogen-bond acceptors (Lipinski definition) is 4. The molecule has 2 unspecified atom stereocenters. The second-order valence-corrected chi connectivity index (χ2v) is 8.58. The fourth-order valence-corrected chi connectivity index (χ4v) is 5.29. The molecule has 0 spiro atoms. The summed E-state index contributed by atoms with van der Waals surface area (Å²) in [5.74, 6) is 1.82. The lowest BCUT2D eigenvalue weighted by molar-refractivity contribution is -0.122. The van der Waals surface area contributed by atoms with Crippen LogP contribution in [0.15, 0.2) is 18.2 Å². The van der Waals surface area contributed by atoms with Crippen molar-refractivity contribution in [2.45, 2.75) is 57.4 Å². The lowest BCUT2D eigenvalue weighted by atomic mass is 9.65. The van der Waals surface area contributed by atoms with Crippen LogP contribution in [0.25, 0.3) is 0 Å². The molecular formula is C22H32ClN3O3. The Labute approximate surface area is 178 Å². The third-order valence-electron chi connectivity index (χ3n) is 6.84. The van der Waals surface area contributed by atoms with E-state index < -0.39 is 0 Å². The number of piperidine rings is 1. The first-order valence-electron chi connectivity index (χ1n) is 10.6. The van der Waals surface area contributed by atoms with Crippen LogP contribution in [0.1, 0.15) is 51.4 Å². The first-order chi connectivity index (χ1) is 13.6. The monoisotopic (exact) mass is 421 g/mol. The average molecular weight is 422 g/mol. The van der Waals surface area contributed by atoms with Crippen LogP contribution in [0.2, 0.25) is 0 Å². The molecule has 2 atom stereocenters. The predicted octanol–water partition coefficient (Wildman–Crippen LogP) is 3.73. The number of carbonyl (C=O) groups is 2. The largest absolute Gasteiger partial charge is 0.495 e. The molecule has 1 heterocycles. The van der Waals surface area contributed by atoms with Crippen LogP contribution in [0.5, 0.6) is 5.75 Å². The highest BCUT2D eigenvalue weighted by molar-refractivity contribution is 5.98. The fourth-order valence-electron chi connectivity index (χ4n) is 5.29. The minimum atomic E-state index is 0. The van der Waals surface area contributed by atoms with Crippen LogP contribution >= 0.6 is 12.4 Å². The average Bonchev–Trinajstić information content (AvgIpc) is 2.68. The van der Waals surface area contributed by atoms with E-state index in [1.54, 1.807) is 12.0 Å². The van der Waals surface area contributed by atoms with Crippen molar-refractivity contribution in [2.24, 2.45) is 23.5 Å². The lowest BCUT2D eigenvalue weighted by Gasteiger charge is -2.43. The second kappa shape index (κ2) is 9.35. The number of ether oxygens (including phenoxy) is 1. The summed E-state index contributed by atoms with van der Waals surface area (Å²) in [6.45, 7) is 0.691. The van der Waals surface area contributed by atoms with E-state index in [0.717, 1.165) is 49.9 Å². The second-order valence-electron chi connectivity index (χ2n) is 8.58. The van der Waals surface area contributed by atoms with Gasteiger partial charge in [-0.2, -0.15) is 0 Å². The number of carbonyl (C=O) groups excluding carboxylic acids is 2. The molecule has 1 saturated heterocycles. The van der Waals surface area contributed by atoms with Crippen LogP contribution in [0.4, 0.5) is 11.4 Å². The molecule has 0 aromatic heterocycles. The number of nitrogens with one attached hydrogen (secondary N) is 1. The van der Waals surface area contributed by atoms with Crippen LogP contribution in [-0.2, 0) is 9.59 Å². The van der Waals surface area contributed by atoms with Gasteiger partial charge in [0, 0.05) is 30.6 Å². The van der Waals surface area contributed by atoms with Crippen LogP contribution in [-0.4, -0.2) is 31.5 Å². The van der Waals surface area contributed by atoms with Gasteiger partial charge in [0.15, 0.2) is 0 Å². The zero-order valence-electron chi connectivity index (χ0n) is 17.1. The van der Waals surface area contributed by atoms with Gasteiger partial charge in [-0.3, -0.25) is 9.59 Å². The Morgan fingerprint density at radius 3 is 2.55 bits per heavy atom. The SMILES string of the molecule is COc1ccc(NC(=O)C2CC3CCCC(C2)C3N)cc1N1CCCCC1=O.Cl. The number of benzene rings is 1. The third-order valence-corrected chi connectivity index (χ3v) is 6.84. The highest BCUT2D eigenvalue weighted by Crippen LogP contribution is 2.42. The first-order valence-corrected chi connectivity index (χ1v) is 10.6. The minimum absolute atomic E-state index is 0. The number of methoxy groups -OCH3 is 1. The smallest absolute Gasteiger partial charge is 0.227 e. The highest BCUT2D eigenvalue weighted by atomic mass is 35.5. The van der Waals surface area contributed by atoms with Gasteiger partial charge in [0.2, 0.25) is 11.8 Å². The van der Waals surface area contributed by atoms with Crippen LogP contribution < -0.4 is 20.7 Å². The molecule has 6 nitrogen and oxygen atoms in total. The topological polar surface area (TPSA) is 84.7 Å². The summed E-state index contributed by atoms with van der Waals surface area (Å²) in [5.41, 5.74) is 7.83. The van der Waals surface area contributed by atoms with E-state index in [1.165, 1.54) is 6.42 Å². The molecule has 29 heavy (non-hydrogen) atoms. The predicted molar refractivity (Wildman–Crippen MR) is 117 cm³/mol. The normalized spacial score (nSPS) is 29.0. The molecule has 3 N–H and O–H groups in total. The van der Waals surface area contributed by atoms with Gasteiger partial charge in [0.05, 0.1) is 12.8 Å². The number of rotatable bonds is 4. The van der Waals surface area contributed by atoms with E-state index >= 15 is 0 Å². The van der Waals surface area contributed by atoms with E-state index in [-0.39, 0.29) is 36.2 Å². The molecule has 1 aromatic rings. The van der Waals surface area contributed by atoms with Crippen molar-refractivity contribution in [1.82, 2.24) is 0 Å².